The Morgan fingerprint density at radius 2 is 1.88 bits per heavy atom. The van der Waals surface area contributed by atoms with Gasteiger partial charge in [0.05, 0.1) is 16.1 Å². The normalized spacial score (nSPS) is 11.2. The molecule has 25 heavy (non-hydrogen) atoms. The molecule has 0 spiro atoms. The van der Waals surface area contributed by atoms with Crippen LogP contribution >= 0.6 is 11.3 Å². The highest BCUT2D eigenvalue weighted by Gasteiger charge is 2.19. The number of nitrogens with zero attached hydrogens (tertiary/aromatic N) is 2. The first kappa shape index (κ1) is 15.7. The van der Waals surface area contributed by atoms with Crippen LogP contribution in [0.5, 0.6) is 0 Å². The van der Waals surface area contributed by atoms with Crippen molar-refractivity contribution in [2.45, 2.75) is 6.92 Å². The van der Waals surface area contributed by atoms with Crippen LogP contribution in [-0.4, -0.2) is 17.9 Å². The van der Waals surface area contributed by atoms with Crippen molar-refractivity contribution in [3.8, 4) is 0 Å². The van der Waals surface area contributed by atoms with E-state index in [2.05, 4.69) is 4.98 Å². The summed E-state index contributed by atoms with van der Waals surface area (Å²) in [5.74, 6) is -0.660. The van der Waals surface area contributed by atoms with Crippen LogP contribution in [-0.2, 0) is 0 Å². The van der Waals surface area contributed by atoms with Gasteiger partial charge in [-0.05, 0) is 42.8 Å². The maximum atomic E-state index is 13.9. The Morgan fingerprint density at radius 3 is 2.68 bits per heavy atom. The number of carbonyl (C=O) groups excluding carboxylic acids is 1. The molecule has 2 aromatic carbocycles. The van der Waals surface area contributed by atoms with Crippen LogP contribution in [0.3, 0.4) is 0 Å². The first-order chi connectivity index (χ1) is 12.0. The zero-order valence-electron chi connectivity index (χ0n) is 13.8. The highest BCUT2D eigenvalue weighted by molar-refractivity contribution is 7.20. The number of halogens is 1. The Balaban J connectivity index is 1.77. The van der Waals surface area contributed by atoms with Crippen LogP contribution in [0.1, 0.15) is 15.2 Å². The Morgan fingerprint density at radius 1 is 1.08 bits per heavy atom. The van der Waals surface area contributed by atoms with E-state index < -0.39 is 5.82 Å². The van der Waals surface area contributed by atoms with Gasteiger partial charge >= 0.3 is 0 Å². The monoisotopic (exact) mass is 350 g/mol. The number of aryl methyl sites for hydroxylation is 1. The fourth-order valence-electron chi connectivity index (χ4n) is 2.84. The minimum absolute atomic E-state index is 0.242. The maximum Gasteiger partial charge on any atom is 0.268 e. The summed E-state index contributed by atoms with van der Waals surface area (Å²) in [5.41, 5.74) is 2.32. The number of carbonyl (C=O) groups is 1. The molecule has 2 aromatic heterocycles. The van der Waals surface area contributed by atoms with E-state index in [1.807, 2.05) is 37.3 Å². The second-order valence-corrected chi connectivity index (χ2v) is 7.04. The van der Waals surface area contributed by atoms with E-state index in [1.54, 1.807) is 25.2 Å². The fourth-order valence-corrected chi connectivity index (χ4v) is 3.84. The molecule has 0 bridgehead atoms. The van der Waals surface area contributed by atoms with Crippen molar-refractivity contribution in [2.24, 2.45) is 0 Å². The summed E-state index contributed by atoms with van der Waals surface area (Å²) in [6, 6.07) is 16.2. The van der Waals surface area contributed by atoms with Gasteiger partial charge in [-0.2, -0.15) is 0 Å². The van der Waals surface area contributed by atoms with E-state index in [1.165, 1.54) is 22.3 Å². The largest absolute Gasteiger partial charge is 0.308 e. The zero-order chi connectivity index (χ0) is 17.6. The lowest BCUT2D eigenvalue weighted by Crippen LogP contribution is -2.26. The number of benzene rings is 2. The molecule has 0 fully saturated rings. The summed E-state index contributed by atoms with van der Waals surface area (Å²) >= 11 is 1.33. The van der Waals surface area contributed by atoms with E-state index in [9.17, 15) is 9.18 Å². The van der Waals surface area contributed by atoms with Gasteiger partial charge in [-0.25, -0.2) is 9.37 Å². The standard InChI is InChI=1S/C20H15FN2OS/c1-12-7-8-13-10-14-11-18(25-19(14)22-16(13)9-12)20(24)23(2)17-6-4-3-5-15(17)21/h3-11H,1-2H3. The molecule has 2 heterocycles. The summed E-state index contributed by atoms with van der Waals surface area (Å²) in [6.07, 6.45) is 0. The van der Waals surface area contributed by atoms with Crippen molar-refractivity contribution in [2.75, 3.05) is 11.9 Å². The molecular weight excluding hydrogens is 335 g/mol. The number of amides is 1. The quantitative estimate of drug-likeness (QED) is 0.499. The van der Waals surface area contributed by atoms with Crippen molar-refractivity contribution in [3.63, 3.8) is 0 Å². The number of para-hydroxylation sites is 1. The number of thiophene rings is 1. The van der Waals surface area contributed by atoms with Crippen LogP contribution in [0.2, 0.25) is 0 Å². The second-order valence-electron chi connectivity index (χ2n) is 6.01. The fraction of sp³-hybridized carbons (Fsp3) is 0.100. The minimum atomic E-state index is -0.418. The average Bonchev–Trinajstić information content (AvgIpc) is 3.01. The molecule has 0 aliphatic heterocycles. The lowest BCUT2D eigenvalue weighted by Gasteiger charge is -2.16. The van der Waals surface area contributed by atoms with Crippen molar-refractivity contribution in [1.29, 1.82) is 0 Å². The number of aromatic nitrogens is 1. The van der Waals surface area contributed by atoms with Crippen LogP contribution in [0, 0.1) is 12.7 Å². The highest BCUT2D eigenvalue weighted by atomic mass is 32.1. The van der Waals surface area contributed by atoms with Gasteiger partial charge in [0.1, 0.15) is 10.6 Å². The lowest BCUT2D eigenvalue weighted by molar-refractivity contribution is 0.0996. The molecule has 0 unspecified atom stereocenters. The molecule has 4 rings (SSSR count). The Hall–Kier alpha value is -2.79. The van der Waals surface area contributed by atoms with E-state index in [0.717, 1.165) is 26.7 Å². The molecule has 5 heteroatoms. The molecule has 3 nitrogen and oxygen atoms in total. The molecule has 0 radical (unpaired) electrons. The Bertz CT molecular complexity index is 1120. The van der Waals surface area contributed by atoms with Crippen molar-refractivity contribution in [1.82, 2.24) is 4.98 Å². The summed E-state index contributed by atoms with van der Waals surface area (Å²) < 4.78 is 13.9. The lowest BCUT2D eigenvalue weighted by atomic mass is 10.1. The zero-order valence-corrected chi connectivity index (χ0v) is 14.6. The van der Waals surface area contributed by atoms with Crippen molar-refractivity contribution in [3.05, 3.63) is 70.9 Å². The third kappa shape index (κ3) is 2.76. The number of rotatable bonds is 2. The minimum Gasteiger partial charge on any atom is -0.308 e. The van der Waals surface area contributed by atoms with E-state index in [-0.39, 0.29) is 11.6 Å². The Labute approximate surface area is 148 Å². The average molecular weight is 350 g/mol. The SMILES string of the molecule is Cc1ccc2cc3cc(C(=O)N(C)c4ccccc4F)sc3nc2c1. The molecule has 0 aliphatic carbocycles. The first-order valence-corrected chi connectivity index (χ1v) is 8.68. The van der Waals surface area contributed by atoms with Gasteiger partial charge < -0.3 is 4.90 Å². The number of fused-ring (bicyclic) bond motifs is 2. The number of pyridine rings is 1. The third-order valence-corrected chi connectivity index (χ3v) is 5.22. The third-order valence-electron chi connectivity index (χ3n) is 4.19. The number of anilines is 1. The van der Waals surface area contributed by atoms with Gasteiger partial charge in [0.25, 0.3) is 5.91 Å². The van der Waals surface area contributed by atoms with E-state index in [4.69, 9.17) is 0 Å². The van der Waals surface area contributed by atoms with Gasteiger partial charge in [0.15, 0.2) is 0 Å². The van der Waals surface area contributed by atoms with Crippen LogP contribution in [0.15, 0.2) is 54.6 Å². The van der Waals surface area contributed by atoms with Crippen LogP contribution in [0.25, 0.3) is 21.1 Å². The van der Waals surface area contributed by atoms with Gasteiger partial charge in [-0.1, -0.05) is 24.3 Å². The summed E-state index contributed by atoms with van der Waals surface area (Å²) in [6.45, 7) is 2.03. The van der Waals surface area contributed by atoms with Crippen molar-refractivity contribution < 1.29 is 9.18 Å². The number of hydrogen-bond donors (Lipinski definition) is 0. The molecule has 0 saturated carbocycles. The molecule has 0 aliphatic rings. The molecule has 124 valence electrons. The summed E-state index contributed by atoms with van der Waals surface area (Å²) in [4.78, 5) is 20.1. The highest BCUT2D eigenvalue weighted by Crippen LogP contribution is 2.29. The summed E-state index contributed by atoms with van der Waals surface area (Å²) in [7, 11) is 1.58. The van der Waals surface area contributed by atoms with E-state index in [0.29, 0.717) is 4.88 Å². The summed E-state index contributed by atoms with van der Waals surface area (Å²) in [5, 5.41) is 1.96. The number of hydrogen-bond acceptors (Lipinski definition) is 3. The predicted octanol–water partition coefficient (Wildman–Crippen LogP) is 5.17. The van der Waals surface area contributed by atoms with Gasteiger partial charge in [0, 0.05) is 17.8 Å². The molecule has 1 amide bonds. The van der Waals surface area contributed by atoms with Gasteiger partial charge in [-0.15, -0.1) is 11.3 Å². The molecule has 0 saturated heterocycles. The van der Waals surface area contributed by atoms with Crippen LogP contribution < -0.4 is 4.90 Å². The van der Waals surface area contributed by atoms with Crippen LogP contribution in [0.4, 0.5) is 10.1 Å². The second kappa shape index (κ2) is 5.93. The maximum absolute atomic E-state index is 13.9. The van der Waals surface area contributed by atoms with Gasteiger partial charge in [0.2, 0.25) is 0 Å². The first-order valence-electron chi connectivity index (χ1n) is 7.86. The molecule has 4 aromatic rings. The smallest absolute Gasteiger partial charge is 0.268 e. The van der Waals surface area contributed by atoms with E-state index >= 15 is 0 Å². The topological polar surface area (TPSA) is 33.2 Å². The Kier molecular flexibility index (Phi) is 3.73. The molecule has 0 N–H and O–H groups in total. The molecular formula is C20H15FN2OS. The predicted molar refractivity (Wildman–Crippen MR) is 101 cm³/mol. The van der Waals surface area contributed by atoms with Gasteiger partial charge in [-0.3, -0.25) is 4.79 Å². The molecule has 0 atom stereocenters. The van der Waals surface area contributed by atoms with Crippen molar-refractivity contribution >= 4 is 44.1 Å².